The van der Waals surface area contributed by atoms with Crippen molar-refractivity contribution in [3.8, 4) is 0 Å². The Labute approximate surface area is 114 Å². The lowest BCUT2D eigenvalue weighted by molar-refractivity contribution is -0.132. The van der Waals surface area contributed by atoms with Gasteiger partial charge >= 0.3 is 0 Å². The van der Waals surface area contributed by atoms with Gasteiger partial charge in [-0.2, -0.15) is 0 Å². The standard InChI is InChI=1S/C17H32O/c1-14-8-12-17(18-4,13-9-15(14)2)16(3)10-6-5-7-11-16/h14-15H,5-13H2,1-4H3. The molecule has 2 saturated carbocycles. The summed E-state index contributed by atoms with van der Waals surface area (Å²) in [5, 5.41) is 0. The fourth-order valence-electron chi connectivity index (χ4n) is 4.46. The molecule has 0 aliphatic heterocycles. The molecule has 1 nitrogen and oxygen atoms in total. The lowest BCUT2D eigenvalue weighted by Gasteiger charge is -2.50. The molecule has 2 aliphatic carbocycles. The molecule has 0 bridgehead atoms. The van der Waals surface area contributed by atoms with E-state index in [1.54, 1.807) is 0 Å². The molecule has 1 heteroatoms. The fourth-order valence-corrected chi connectivity index (χ4v) is 4.46. The zero-order chi connectivity index (χ0) is 13.2. The van der Waals surface area contributed by atoms with E-state index in [0.29, 0.717) is 5.41 Å². The third-order valence-corrected chi connectivity index (χ3v) is 6.43. The van der Waals surface area contributed by atoms with Crippen LogP contribution in [-0.4, -0.2) is 12.7 Å². The van der Waals surface area contributed by atoms with Crippen LogP contribution in [0.2, 0.25) is 0 Å². The van der Waals surface area contributed by atoms with E-state index in [9.17, 15) is 0 Å². The van der Waals surface area contributed by atoms with Gasteiger partial charge in [0.1, 0.15) is 0 Å². The number of ether oxygens (including phenoxy) is 1. The summed E-state index contributed by atoms with van der Waals surface area (Å²) in [5.41, 5.74) is 0.607. The van der Waals surface area contributed by atoms with Crippen LogP contribution in [0, 0.1) is 17.3 Å². The predicted octanol–water partition coefficient (Wildman–Crippen LogP) is 5.19. The fraction of sp³-hybridized carbons (Fsp3) is 1.00. The Morgan fingerprint density at radius 3 is 1.78 bits per heavy atom. The minimum Gasteiger partial charge on any atom is -0.378 e. The summed E-state index contributed by atoms with van der Waals surface area (Å²) in [6, 6.07) is 0. The van der Waals surface area contributed by atoms with Gasteiger partial charge in [-0.25, -0.2) is 0 Å². The van der Waals surface area contributed by atoms with E-state index in [4.69, 9.17) is 4.74 Å². The number of rotatable bonds is 2. The van der Waals surface area contributed by atoms with Gasteiger partial charge in [-0.05, 0) is 55.8 Å². The molecule has 2 aliphatic rings. The molecule has 0 radical (unpaired) electrons. The summed E-state index contributed by atoms with van der Waals surface area (Å²) in [5.74, 6) is 1.74. The summed E-state index contributed by atoms with van der Waals surface area (Å²) >= 11 is 0. The van der Waals surface area contributed by atoms with Crippen LogP contribution in [-0.2, 0) is 4.74 Å². The second kappa shape index (κ2) is 5.53. The normalized spacial score (nSPS) is 41.3. The zero-order valence-corrected chi connectivity index (χ0v) is 12.9. The zero-order valence-electron chi connectivity index (χ0n) is 12.9. The predicted molar refractivity (Wildman–Crippen MR) is 77.7 cm³/mol. The number of hydrogen-bond donors (Lipinski definition) is 0. The largest absolute Gasteiger partial charge is 0.378 e. The molecule has 0 spiro atoms. The molecule has 0 heterocycles. The maximum absolute atomic E-state index is 6.20. The Kier molecular flexibility index (Phi) is 4.41. The molecular formula is C17H32O. The molecule has 106 valence electrons. The van der Waals surface area contributed by atoms with Gasteiger partial charge in [-0.3, -0.25) is 0 Å². The van der Waals surface area contributed by atoms with Crippen molar-refractivity contribution in [2.24, 2.45) is 17.3 Å². The quantitative estimate of drug-likeness (QED) is 0.615. The molecule has 0 aromatic heterocycles. The monoisotopic (exact) mass is 252 g/mol. The molecule has 0 N–H and O–H groups in total. The lowest BCUT2D eigenvalue weighted by atomic mass is 9.61. The van der Waals surface area contributed by atoms with Crippen LogP contribution < -0.4 is 0 Å². The van der Waals surface area contributed by atoms with Gasteiger partial charge in [-0.1, -0.05) is 40.0 Å². The Morgan fingerprint density at radius 1 is 0.833 bits per heavy atom. The molecule has 18 heavy (non-hydrogen) atoms. The SMILES string of the molecule is COC1(C2(C)CCCCC2)CCC(C)C(C)CC1. The highest BCUT2D eigenvalue weighted by Crippen LogP contribution is 2.53. The molecule has 0 amide bonds. The maximum atomic E-state index is 6.20. The lowest BCUT2D eigenvalue weighted by Crippen LogP contribution is -2.49. The first-order valence-electron chi connectivity index (χ1n) is 8.08. The summed E-state index contributed by atoms with van der Waals surface area (Å²) < 4.78 is 6.20. The second-order valence-corrected chi connectivity index (χ2v) is 7.35. The van der Waals surface area contributed by atoms with Crippen molar-refractivity contribution in [1.82, 2.24) is 0 Å². The van der Waals surface area contributed by atoms with Gasteiger partial charge in [0.15, 0.2) is 0 Å². The van der Waals surface area contributed by atoms with E-state index >= 15 is 0 Å². The Bertz CT molecular complexity index is 253. The van der Waals surface area contributed by atoms with E-state index < -0.39 is 0 Å². The van der Waals surface area contributed by atoms with Gasteiger partial charge in [-0.15, -0.1) is 0 Å². The van der Waals surface area contributed by atoms with Crippen LogP contribution in [0.25, 0.3) is 0 Å². The maximum Gasteiger partial charge on any atom is 0.0732 e. The molecule has 0 aromatic rings. The average molecular weight is 252 g/mol. The molecule has 2 atom stereocenters. The van der Waals surface area contributed by atoms with E-state index in [1.165, 1.54) is 57.8 Å². The average Bonchev–Trinajstić information content (AvgIpc) is 2.53. The highest BCUT2D eigenvalue weighted by molar-refractivity contribution is 5.00. The van der Waals surface area contributed by atoms with Crippen LogP contribution in [0.15, 0.2) is 0 Å². The van der Waals surface area contributed by atoms with Crippen LogP contribution in [0.1, 0.15) is 78.6 Å². The smallest absolute Gasteiger partial charge is 0.0732 e. The third kappa shape index (κ3) is 2.48. The van der Waals surface area contributed by atoms with Crippen molar-refractivity contribution in [2.45, 2.75) is 84.2 Å². The van der Waals surface area contributed by atoms with Crippen LogP contribution >= 0.6 is 0 Å². The third-order valence-electron chi connectivity index (χ3n) is 6.43. The van der Waals surface area contributed by atoms with Crippen molar-refractivity contribution in [3.05, 3.63) is 0 Å². The van der Waals surface area contributed by atoms with E-state index in [1.807, 2.05) is 7.11 Å². The first-order chi connectivity index (χ1) is 8.53. The first-order valence-corrected chi connectivity index (χ1v) is 8.08. The van der Waals surface area contributed by atoms with E-state index in [0.717, 1.165) is 11.8 Å². The van der Waals surface area contributed by atoms with Crippen molar-refractivity contribution < 1.29 is 4.74 Å². The summed E-state index contributed by atoms with van der Waals surface area (Å²) in [6.45, 7) is 7.37. The second-order valence-electron chi connectivity index (χ2n) is 7.35. The molecule has 2 unspecified atom stereocenters. The molecular weight excluding hydrogens is 220 g/mol. The topological polar surface area (TPSA) is 9.23 Å². The van der Waals surface area contributed by atoms with Crippen LogP contribution in [0.3, 0.4) is 0 Å². The van der Waals surface area contributed by atoms with Gasteiger partial charge < -0.3 is 4.74 Å². The summed E-state index contributed by atoms with van der Waals surface area (Å²) in [7, 11) is 1.97. The van der Waals surface area contributed by atoms with Gasteiger partial charge in [0.25, 0.3) is 0 Å². The molecule has 2 fully saturated rings. The summed E-state index contributed by atoms with van der Waals surface area (Å²) in [4.78, 5) is 0. The highest BCUT2D eigenvalue weighted by atomic mass is 16.5. The molecule has 0 aromatic carbocycles. The first kappa shape index (κ1) is 14.4. The van der Waals surface area contributed by atoms with Gasteiger partial charge in [0.05, 0.1) is 5.60 Å². The highest BCUT2D eigenvalue weighted by Gasteiger charge is 2.49. The van der Waals surface area contributed by atoms with Gasteiger partial charge in [0.2, 0.25) is 0 Å². The Hall–Kier alpha value is -0.0400. The molecule has 2 rings (SSSR count). The summed E-state index contributed by atoms with van der Waals surface area (Å²) in [6.07, 6.45) is 12.3. The Balaban J connectivity index is 2.18. The minimum absolute atomic E-state index is 0.173. The van der Waals surface area contributed by atoms with Crippen molar-refractivity contribution in [1.29, 1.82) is 0 Å². The van der Waals surface area contributed by atoms with Crippen LogP contribution in [0.5, 0.6) is 0 Å². The van der Waals surface area contributed by atoms with Crippen molar-refractivity contribution in [2.75, 3.05) is 7.11 Å². The van der Waals surface area contributed by atoms with E-state index in [-0.39, 0.29) is 5.60 Å². The number of hydrogen-bond acceptors (Lipinski definition) is 1. The van der Waals surface area contributed by atoms with Crippen molar-refractivity contribution >= 4 is 0 Å². The van der Waals surface area contributed by atoms with E-state index in [2.05, 4.69) is 20.8 Å². The minimum atomic E-state index is 0.173. The van der Waals surface area contributed by atoms with Gasteiger partial charge in [0, 0.05) is 7.11 Å². The Morgan fingerprint density at radius 2 is 1.33 bits per heavy atom. The van der Waals surface area contributed by atoms with Crippen molar-refractivity contribution in [3.63, 3.8) is 0 Å². The molecule has 0 saturated heterocycles. The van der Waals surface area contributed by atoms with Crippen LogP contribution in [0.4, 0.5) is 0 Å². The number of methoxy groups -OCH3 is 1.